The van der Waals surface area contributed by atoms with E-state index in [0.29, 0.717) is 18.1 Å². The van der Waals surface area contributed by atoms with Crippen molar-refractivity contribution in [3.05, 3.63) is 23.8 Å². The molecular formula is C16H27N3O. The van der Waals surface area contributed by atoms with Crippen molar-refractivity contribution < 1.29 is 4.74 Å². The summed E-state index contributed by atoms with van der Waals surface area (Å²) < 4.78 is 5.98. The summed E-state index contributed by atoms with van der Waals surface area (Å²) in [5.41, 5.74) is 2.14. The molecule has 1 aliphatic carbocycles. The first-order valence-corrected chi connectivity index (χ1v) is 7.52. The zero-order valence-corrected chi connectivity index (χ0v) is 13.3. The van der Waals surface area contributed by atoms with Gasteiger partial charge < -0.3 is 10.1 Å². The predicted octanol–water partition coefficient (Wildman–Crippen LogP) is 2.71. The number of nitrogens with zero attached hydrogens (tertiary/aromatic N) is 2. The lowest BCUT2D eigenvalue weighted by Crippen LogP contribution is -2.60. The van der Waals surface area contributed by atoms with Crippen LogP contribution in [0, 0.1) is 18.3 Å². The molecule has 0 bridgehead atoms. The van der Waals surface area contributed by atoms with Crippen molar-refractivity contribution in [1.29, 1.82) is 0 Å². The van der Waals surface area contributed by atoms with Crippen molar-refractivity contribution in [2.45, 2.75) is 59.7 Å². The summed E-state index contributed by atoms with van der Waals surface area (Å²) >= 11 is 0. The van der Waals surface area contributed by atoms with E-state index in [2.05, 4.69) is 43.0 Å². The third kappa shape index (κ3) is 3.55. The monoisotopic (exact) mass is 277 g/mol. The van der Waals surface area contributed by atoms with E-state index in [1.807, 2.05) is 19.3 Å². The van der Waals surface area contributed by atoms with E-state index in [9.17, 15) is 0 Å². The number of aryl methyl sites for hydroxylation is 1. The smallest absolute Gasteiger partial charge is 0.0724 e. The summed E-state index contributed by atoms with van der Waals surface area (Å²) in [7, 11) is 0. The fraction of sp³-hybridized carbons (Fsp3) is 0.750. The highest BCUT2D eigenvalue weighted by atomic mass is 16.5. The van der Waals surface area contributed by atoms with Gasteiger partial charge in [-0.05, 0) is 19.3 Å². The van der Waals surface area contributed by atoms with Gasteiger partial charge in [0.05, 0.1) is 17.5 Å². The molecule has 1 heterocycles. The van der Waals surface area contributed by atoms with E-state index in [0.717, 1.165) is 31.0 Å². The van der Waals surface area contributed by atoms with Crippen LogP contribution in [0.25, 0.3) is 0 Å². The Balaban J connectivity index is 1.79. The van der Waals surface area contributed by atoms with Crippen LogP contribution >= 0.6 is 0 Å². The predicted molar refractivity (Wildman–Crippen MR) is 80.4 cm³/mol. The van der Waals surface area contributed by atoms with E-state index >= 15 is 0 Å². The maximum Gasteiger partial charge on any atom is 0.0724 e. The number of rotatable bonds is 6. The lowest BCUT2D eigenvalue weighted by molar-refractivity contribution is -0.124. The maximum atomic E-state index is 5.98. The van der Waals surface area contributed by atoms with Gasteiger partial charge in [0.1, 0.15) is 0 Å². The molecule has 2 rings (SSSR count). The van der Waals surface area contributed by atoms with Crippen LogP contribution in [0.15, 0.2) is 12.4 Å². The van der Waals surface area contributed by atoms with Gasteiger partial charge in [-0.25, -0.2) is 0 Å². The highest BCUT2D eigenvalue weighted by Crippen LogP contribution is 2.43. The number of hydrogen-bond acceptors (Lipinski definition) is 4. The van der Waals surface area contributed by atoms with Crippen LogP contribution in [0.3, 0.4) is 0 Å². The summed E-state index contributed by atoms with van der Waals surface area (Å²) in [6, 6.07) is 0.489. The van der Waals surface area contributed by atoms with E-state index in [4.69, 9.17) is 4.74 Å². The average Bonchev–Trinajstić information content (AvgIpc) is 2.38. The Labute approximate surface area is 122 Å². The Kier molecular flexibility index (Phi) is 4.76. The van der Waals surface area contributed by atoms with Crippen LogP contribution < -0.4 is 5.32 Å². The van der Waals surface area contributed by atoms with Crippen molar-refractivity contribution in [2.75, 3.05) is 6.61 Å². The van der Waals surface area contributed by atoms with Crippen LogP contribution in [0.2, 0.25) is 0 Å². The van der Waals surface area contributed by atoms with E-state index in [-0.39, 0.29) is 5.41 Å². The van der Waals surface area contributed by atoms with Crippen LogP contribution in [0.1, 0.15) is 45.5 Å². The second-order valence-electron chi connectivity index (χ2n) is 6.86. The fourth-order valence-electron chi connectivity index (χ4n) is 2.56. The summed E-state index contributed by atoms with van der Waals surface area (Å²) in [5, 5.41) is 3.58. The molecule has 1 aliphatic rings. The first kappa shape index (κ1) is 15.4. The molecule has 1 fully saturated rings. The van der Waals surface area contributed by atoms with Crippen LogP contribution in [0.5, 0.6) is 0 Å². The third-order valence-corrected chi connectivity index (χ3v) is 4.17. The van der Waals surface area contributed by atoms with Gasteiger partial charge >= 0.3 is 0 Å². The van der Waals surface area contributed by atoms with E-state index in [1.165, 1.54) is 0 Å². The first-order valence-electron chi connectivity index (χ1n) is 7.52. The maximum absolute atomic E-state index is 5.98. The van der Waals surface area contributed by atoms with Crippen molar-refractivity contribution in [2.24, 2.45) is 11.3 Å². The quantitative estimate of drug-likeness (QED) is 0.868. The van der Waals surface area contributed by atoms with E-state index in [1.54, 1.807) is 0 Å². The highest BCUT2D eigenvalue weighted by Gasteiger charge is 2.48. The molecule has 20 heavy (non-hydrogen) atoms. The Morgan fingerprint density at radius 2 is 2.10 bits per heavy atom. The molecule has 0 amide bonds. The molecule has 0 spiro atoms. The Hall–Kier alpha value is -1.00. The molecule has 4 nitrogen and oxygen atoms in total. The Morgan fingerprint density at radius 3 is 2.65 bits per heavy atom. The zero-order valence-electron chi connectivity index (χ0n) is 13.3. The minimum absolute atomic E-state index is 0.188. The Morgan fingerprint density at radius 1 is 1.35 bits per heavy atom. The summed E-state index contributed by atoms with van der Waals surface area (Å²) in [5.74, 6) is 0.598. The number of aromatic nitrogens is 2. The van der Waals surface area contributed by atoms with Crippen LogP contribution in [-0.4, -0.2) is 28.7 Å². The lowest BCUT2D eigenvalue weighted by atomic mass is 9.64. The summed E-state index contributed by atoms with van der Waals surface area (Å²) in [6.45, 7) is 12.5. The standard InChI is InChI=1S/C16H27N3O/c1-11(2)10-20-15-6-14(16(15,4)5)19-9-13-8-17-12(3)7-18-13/h7-8,11,14-15,19H,6,9-10H2,1-5H3. The normalized spacial score (nSPS) is 24.7. The van der Waals surface area contributed by atoms with Gasteiger partial charge in [-0.2, -0.15) is 0 Å². The Bertz CT molecular complexity index is 428. The van der Waals surface area contributed by atoms with Gasteiger partial charge in [0.25, 0.3) is 0 Å². The van der Waals surface area contributed by atoms with Crippen molar-refractivity contribution in [1.82, 2.24) is 15.3 Å². The van der Waals surface area contributed by atoms with Gasteiger partial charge in [0.15, 0.2) is 0 Å². The summed E-state index contributed by atoms with van der Waals surface area (Å²) in [4.78, 5) is 8.65. The van der Waals surface area contributed by atoms with Crippen molar-refractivity contribution >= 4 is 0 Å². The fourth-order valence-corrected chi connectivity index (χ4v) is 2.56. The lowest BCUT2D eigenvalue weighted by Gasteiger charge is -2.52. The minimum atomic E-state index is 0.188. The highest BCUT2D eigenvalue weighted by molar-refractivity contribution is 5.05. The molecule has 0 aromatic carbocycles. The topological polar surface area (TPSA) is 47.0 Å². The molecule has 112 valence electrons. The molecular weight excluding hydrogens is 250 g/mol. The zero-order chi connectivity index (χ0) is 14.8. The largest absolute Gasteiger partial charge is 0.377 e. The van der Waals surface area contributed by atoms with Gasteiger partial charge in [0.2, 0.25) is 0 Å². The minimum Gasteiger partial charge on any atom is -0.377 e. The molecule has 1 aromatic rings. The second-order valence-corrected chi connectivity index (χ2v) is 6.86. The summed E-state index contributed by atoms with van der Waals surface area (Å²) in [6.07, 6.45) is 5.11. The van der Waals surface area contributed by atoms with Crippen molar-refractivity contribution in [3.63, 3.8) is 0 Å². The molecule has 1 N–H and O–H groups in total. The van der Waals surface area contributed by atoms with Crippen LogP contribution in [-0.2, 0) is 11.3 Å². The number of hydrogen-bond donors (Lipinski definition) is 1. The number of nitrogens with one attached hydrogen (secondary N) is 1. The number of ether oxygens (including phenoxy) is 1. The van der Waals surface area contributed by atoms with Crippen LogP contribution in [0.4, 0.5) is 0 Å². The molecule has 0 radical (unpaired) electrons. The van der Waals surface area contributed by atoms with E-state index < -0.39 is 0 Å². The van der Waals surface area contributed by atoms with Gasteiger partial charge in [-0.1, -0.05) is 27.7 Å². The molecule has 0 saturated heterocycles. The molecule has 0 aliphatic heterocycles. The van der Waals surface area contributed by atoms with Crippen molar-refractivity contribution in [3.8, 4) is 0 Å². The molecule has 1 saturated carbocycles. The second kappa shape index (κ2) is 6.19. The van der Waals surface area contributed by atoms with Gasteiger partial charge in [-0.3, -0.25) is 9.97 Å². The van der Waals surface area contributed by atoms with Gasteiger partial charge in [-0.15, -0.1) is 0 Å². The molecule has 1 aromatic heterocycles. The van der Waals surface area contributed by atoms with Gasteiger partial charge in [0, 0.05) is 37.0 Å². The molecule has 2 atom stereocenters. The SMILES string of the molecule is Cc1cnc(CNC2CC(OCC(C)C)C2(C)C)cn1. The first-order chi connectivity index (χ1) is 9.39. The molecule has 2 unspecified atom stereocenters. The average molecular weight is 277 g/mol. The third-order valence-electron chi connectivity index (χ3n) is 4.17. The molecule has 4 heteroatoms.